The average molecular weight is 265 g/mol. The zero-order valence-corrected chi connectivity index (χ0v) is 12.4. The molecule has 0 saturated carbocycles. The first kappa shape index (κ1) is 13.4. The third kappa shape index (κ3) is 2.38. The van der Waals surface area contributed by atoms with Crippen molar-refractivity contribution in [1.29, 1.82) is 0 Å². The molecule has 1 atom stereocenters. The second kappa shape index (κ2) is 5.41. The number of fused-ring (bicyclic) bond motifs is 1. The molecule has 0 heterocycles. The largest absolute Gasteiger partial charge is 0.320 e. The van der Waals surface area contributed by atoms with Gasteiger partial charge in [-0.3, -0.25) is 0 Å². The van der Waals surface area contributed by atoms with Crippen LogP contribution >= 0.6 is 0 Å². The molecule has 0 spiro atoms. The molecule has 0 radical (unpaired) electrons. The Labute approximate surface area is 121 Å². The summed E-state index contributed by atoms with van der Waals surface area (Å²) in [5.74, 6) is 0. The fourth-order valence-corrected chi connectivity index (χ4v) is 3.43. The molecule has 1 aliphatic rings. The highest BCUT2D eigenvalue weighted by Gasteiger charge is 2.16. The molecule has 104 valence electrons. The fourth-order valence-electron chi connectivity index (χ4n) is 3.43. The van der Waals surface area contributed by atoms with Gasteiger partial charge < -0.3 is 5.73 Å². The van der Waals surface area contributed by atoms with Gasteiger partial charge in [0.05, 0.1) is 6.04 Å². The second-order valence-corrected chi connectivity index (χ2v) is 6.02. The summed E-state index contributed by atoms with van der Waals surface area (Å²) in [5.41, 5.74) is 14.7. The maximum atomic E-state index is 6.55. The Bertz CT molecular complexity index is 607. The molecule has 0 amide bonds. The predicted molar refractivity (Wildman–Crippen MR) is 85.0 cm³/mol. The molecule has 2 aromatic rings. The molecule has 1 aliphatic carbocycles. The van der Waals surface area contributed by atoms with Crippen molar-refractivity contribution < 1.29 is 0 Å². The van der Waals surface area contributed by atoms with E-state index in [2.05, 4.69) is 50.2 Å². The lowest BCUT2D eigenvalue weighted by Gasteiger charge is -2.21. The maximum Gasteiger partial charge on any atom is 0.0556 e. The lowest BCUT2D eigenvalue weighted by atomic mass is 9.86. The topological polar surface area (TPSA) is 26.0 Å². The van der Waals surface area contributed by atoms with Gasteiger partial charge in [-0.05, 0) is 72.9 Å². The van der Waals surface area contributed by atoms with Gasteiger partial charge in [0.2, 0.25) is 0 Å². The van der Waals surface area contributed by atoms with Crippen molar-refractivity contribution in [2.24, 2.45) is 5.73 Å². The summed E-state index contributed by atoms with van der Waals surface area (Å²) in [4.78, 5) is 0. The maximum absolute atomic E-state index is 6.55. The lowest BCUT2D eigenvalue weighted by Crippen LogP contribution is -2.16. The van der Waals surface area contributed by atoms with E-state index in [1.807, 2.05) is 0 Å². The van der Waals surface area contributed by atoms with E-state index in [1.54, 1.807) is 0 Å². The summed E-state index contributed by atoms with van der Waals surface area (Å²) in [7, 11) is 0. The molecular formula is C19H23N. The monoisotopic (exact) mass is 265 g/mol. The Morgan fingerprint density at radius 2 is 1.55 bits per heavy atom. The minimum absolute atomic E-state index is 0.0107. The summed E-state index contributed by atoms with van der Waals surface area (Å²) in [6, 6.07) is 13.3. The SMILES string of the molecule is Cc1cccc(C)c1C(N)c1ccc2c(c1)CCCC2. The van der Waals surface area contributed by atoms with Crippen LogP contribution in [0.25, 0.3) is 0 Å². The van der Waals surface area contributed by atoms with Gasteiger partial charge in [0, 0.05) is 0 Å². The van der Waals surface area contributed by atoms with E-state index < -0.39 is 0 Å². The van der Waals surface area contributed by atoms with Gasteiger partial charge >= 0.3 is 0 Å². The van der Waals surface area contributed by atoms with Crippen LogP contribution in [0.3, 0.4) is 0 Å². The van der Waals surface area contributed by atoms with Crippen LogP contribution in [0.4, 0.5) is 0 Å². The summed E-state index contributed by atoms with van der Waals surface area (Å²) >= 11 is 0. The van der Waals surface area contributed by atoms with Crippen LogP contribution in [0.1, 0.15) is 52.3 Å². The van der Waals surface area contributed by atoms with E-state index in [0.29, 0.717) is 0 Å². The first-order valence-corrected chi connectivity index (χ1v) is 7.60. The standard InChI is InChI=1S/C19H23N/c1-13-6-5-7-14(2)18(13)19(20)17-11-10-15-8-3-4-9-16(15)12-17/h5-7,10-12,19H,3-4,8-9,20H2,1-2H3. The van der Waals surface area contributed by atoms with Gasteiger partial charge in [0.15, 0.2) is 0 Å². The molecule has 1 nitrogen and oxygen atoms in total. The fraction of sp³-hybridized carbons (Fsp3) is 0.368. The molecule has 0 fully saturated rings. The molecule has 0 saturated heterocycles. The zero-order chi connectivity index (χ0) is 14.1. The number of nitrogens with two attached hydrogens (primary N) is 1. The number of rotatable bonds is 2. The quantitative estimate of drug-likeness (QED) is 0.864. The van der Waals surface area contributed by atoms with Gasteiger partial charge in [-0.2, -0.15) is 0 Å². The zero-order valence-electron chi connectivity index (χ0n) is 12.4. The van der Waals surface area contributed by atoms with Crippen LogP contribution in [0.2, 0.25) is 0 Å². The van der Waals surface area contributed by atoms with Gasteiger partial charge in [-0.25, -0.2) is 0 Å². The van der Waals surface area contributed by atoms with Crippen molar-refractivity contribution in [2.75, 3.05) is 0 Å². The van der Waals surface area contributed by atoms with E-state index >= 15 is 0 Å². The normalized spacial score (nSPS) is 15.8. The minimum Gasteiger partial charge on any atom is -0.320 e. The minimum atomic E-state index is -0.0107. The number of hydrogen-bond donors (Lipinski definition) is 1. The summed E-state index contributed by atoms with van der Waals surface area (Å²) < 4.78 is 0. The molecular weight excluding hydrogens is 242 g/mol. The average Bonchev–Trinajstić information content (AvgIpc) is 2.46. The molecule has 20 heavy (non-hydrogen) atoms. The summed E-state index contributed by atoms with van der Waals surface area (Å²) in [5, 5.41) is 0. The van der Waals surface area contributed by atoms with E-state index in [-0.39, 0.29) is 6.04 Å². The van der Waals surface area contributed by atoms with E-state index in [4.69, 9.17) is 5.73 Å². The lowest BCUT2D eigenvalue weighted by molar-refractivity contribution is 0.682. The van der Waals surface area contributed by atoms with Crippen LogP contribution in [0.5, 0.6) is 0 Å². The van der Waals surface area contributed by atoms with Crippen LogP contribution in [0.15, 0.2) is 36.4 Å². The third-order valence-corrected chi connectivity index (χ3v) is 4.58. The van der Waals surface area contributed by atoms with Crippen molar-refractivity contribution in [1.82, 2.24) is 0 Å². The van der Waals surface area contributed by atoms with Crippen molar-refractivity contribution in [3.8, 4) is 0 Å². The second-order valence-electron chi connectivity index (χ2n) is 6.02. The van der Waals surface area contributed by atoms with Gasteiger partial charge in [0.1, 0.15) is 0 Å². The van der Waals surface area contributed by atoms with Crippen LogP contribution in [-0.4, -0.2) is 0 Å². The Balaban J connectivity index is 2.00. The molecule has 0 bridgehead atoms. The Hall–Kier alpha value is -1.60. The summed E-state index contributed by atoms with van der Waals surface area (Å²) in [6.07, 6.45) is 5.08. The molecule has 0 aromatic heterocycles. The smallest absolute Gasteiger partial charge is 0.0556 e. The number of benzene rings is 2. The molecule has 2 N–H and O–H groups in total. The molecule has 0 aliphatic heterocycles. The van der Waals surface area contributed by atoms with Crippen molar-refractivity contribution in [3.63, 3.8) is 0 Å². The number of hydrogen-bond acceptors (Lipinski definition) is 1. The molecule has 1 unspecified atom stereocenters. The van der Waals surface area contributed by atoms with Crippen LogP contribution < -0.4 is 5.73 Å². The van der Waals surface area contributed by atoms with Gasteiger partial charge in [-0.15, -0.1) is 0 Å². The third-order valence-electron chi connectivity index (χ3n) is 4.58. The molecule has 3 rings (SSSR count). The van der Waals surface area contributed by atoms with Gasteiger partial charge in [-0.1, -0.05) is 36.4 Å². The predicted octanol–water partition coefficient (Wildman–Crippen LogP) is 4.23. The molecule has 1 heteroatoms. The number of aryl methyl sites for hydroxylation is 4. The van der Waals surface area contributed by atoms with Gasteiger partial charge in [0.25, 0.3) is 0 Å². The van der Waals surface area contributed by atoms with Crippen LogP contribution in [-0.2, 0) is 12.8 Å². The first-order chi connectivity index (χ1) is 9.66. The Morgan fingerprint density at radius 3 is 2.25 bits per heavy atom. The van der Waals surface area contributed by atoms with Crippen molar-refractivity contribution in [2.45, 2.75) is 45.6 Å². The van der Waals surface area contributed by atoms with E-state index in [0.717, 1.165) is 0 Å². The van der Waals surface area contributed by atoms with Crippen LogP contribution in [0, 0.1) is 13.8 Å². The summed E-state index contributed by atoms with van der Waals surface area (Å²) in [6.45, 7) is 4.31. The Morgan fingerprint density at radius 1 is 0.900 bits per heavy atom. The first-order valence-electron chi connectivity index (χ1n) is 7.60. The highest BCUT2D eigenvalue weighted by atomic mass is 14.6. The highest BCUT2D eigenvalue weighted by Crippen LogP contribution is 2.29. The Kier molecular flexibility index (Phi) is 3.62. The van der Waals surface area contributed by atoms with E-state index in [1.165, 1.54) is 59.1 Å². The van der Waals surface area contributed by atoms with Crippen molar-refractivity contribution in [3.05, 3.63) is 69.8 Å². The molecule has 2 aromatic carbocycles. The highest BCUT2D eigenvalue weighted by molar-refractivity contribution is 5.44. The van der Waals surface area contributed by atoms with Crippen molar-refractivity contribution >= 4 is 0 Å². The van der Waals surface area contributed by atoms with E-state index in [9.17, 15) is 0 Å².